The smallest absolute Gasteiger partial charge is 0.243 e. The summed E-state index contributed by atoms with van der Waals surface area (Å²) in [5.41, 5.74) is 0. The van der Waals surface area contributed by atoms with E-state index in [4.69, 9.17) is 0 Å². The van der Waals surface area contributed by atoms with Crippen LogP contribution in [0.2, 0.25) is 0 Å². The number of thiol groups is 1. The Kier molecular flexibility index (Phi) is 5.97. The lowest BCUT2D eigenvalue weighted by atomic mass is 10.3. The van der Waals surface area contributed by atoms with Crippen molar-refractivity contribution in [3.8, 4) is 0 Å². The number of hydrogen-bond acceptors (Lipinski definition) is 4. The third kappa shape index (κ3) is 5.90. The molecule has 0 bridgehead atoms. The number of amides is 3. The quantitative estimate of drug-likeness (QED) is 0.458. The van der Waals surface area contributed by atoms with E-state index in [-0.39, 0.29) is 36.4 Å². The molecule has 1 atom stereocenters. The van der Waals surface area contributed by atoms with Crippen LogP contribution in [0, 0.1) is 0 Å². The summed E-state index contributed by atoms with van der Waals surface area (Å²) in [4.78, 5) is 33.8. The van der Waals surface area contributed by atoms with Gasteiger partial charge in [0.15, 0.2) is 0 Å². The molecule has 0 aromatic rings. The van der Waals surface area contributed by atoms with Crippen molar-refractivity contribution in [1.29, 1.82) is 0 Å². The zero-order chi connectivity index (χ0) is 13.5. The Bertz CT molecular complexity index is 331. The number of nitrogens with one attached hydrogen (secondary N) is 3. The van der Waals surface area contributed by atoms with E-state index in [0.717, 1.165) is 12.8 Å². The largest absolute Gasteiger partial charge is 0.354 e. The van der Waals surface area contributed by atoms with Crippen molar-refractivity contribution >= 4 is 30.4 Å². The van der Waals surface area contributed by atoms with E-state index in [0.29, 0.717) is 6.04 Å². The molecule has 0 aliphatic heterocycles. The van der Waals surface area contributed by atoms with E-state index in [1.54, 1.807) is 0 Å². The van der Waals surface area contributed by atoms with E-state index >= 15 is 0 Å². The molecular formula is C11H19N3O3S. The van der Waals surface area contributed by atoms with Crippen LogP contribution in [0.1, 0.15) is 26.2 Å². The Balaban J connectivity index is 2.17. The fourth-order valence-corrected chi connectivity index (χ4v) is 1.65. The number of rotatable bonds is 7. The molecule has 0 saturated heterocycles. The van der Waals surface area contributed by atoms with Gasteiger partial charge in [0.25, 0.3) is 0 Å². The van der Waals surface area contributed by atoms with Crippen molar-refractivity contribution < 1.29 is 14.4 Å². The molecule has 1 aliphatic rings. The maximum atomic E-state index is 11.6. The highest BCUT2D eigenvalue weighted by atomic mass is 32.1. The third-order valence-electron chi connectivity index (χ3n) is 2.47. The number of carbonyl (C=O) groups excluding carboxylic acids is 3. The van der Waals surface area contributed by atoms with Gasteiger partial charge in [-0.3, -0.25) is 14.4 Å². The predicted octanol–water partition coefficient (Wildman–Crippen LogP) is -0.794. The fraction of sp³-hybridized carbons (Fsp3) is 0.727. The molecule has 1 saturated carbocycles. The van der Waals surface area contributed by atoms with Crippen LogP contribution in [0.5, 0.6) is 0 Å². The summed E-state index contributed by atoms with van der Waals surface area (Å²) in [6.07, 6.45) is 2.34. The molecule has 6 nitrogen and oxygen atoms in total. The summed E-state index contributed by atoms with van der Waals surface area (Å²) < 4.78 is 0. The van der Waals surface area contributed by atoms with Crippen molar-refractivity contribution in [2.75, 3.05) is 12.3 Å². The first-order chi connectivity index (χ1) is 8.52. The van der Waals surface area contributed by atoms with Gasteiger partial charge in [0.05, 0.1) is 0 Å². The van der Waals surface area contributed by atoms with Gasteiger partial charge in [-0.25, -0.2) is 0 Å². The van der Waals surface area contributed by atoms with E-state index in [1.807, 2.05) is 0 Å². The molecule has 0 aromatic carbocycles. The van der Waals surface area contributed by atoms with Crippen LogP contribution in [0.15, 0.2) is 0 Å². The van der Waals surface area contributed by atoms with Crippen molar-refractivity contribution in [1.82, 2.24) is 16.0 Å². The normalized spacial score (nSPS) is 15.7. The summed E-state index contributed by atoms with van der Waals surface area (Å²) in [6.45, 7) is 1.61. The van der Waals surface area contributed by atoms with Crippen LogP contribution in [-0.4, -0.2) is 42.1 Å². The molecule has 18 heavy (non-hydrogen) atoms. The molecule has 1 unspecified atom stereocenters. The Morgan fingerprint density at radius 1 is 1.33 bits per heavy atom. The molecule has 7 heteroatoms. The Labute approximate surface area is 112 Å². The van der Waals surface area contributed by atoms with Gasteiger partial charge in [-0.15, -0.1) is 0 Å². The van der Waals surface area contributed by atoms with E-state index in [9.17, 15) is 14.4 Å². The molecule has 3 N–H and O–H groups in total. The van der Waals surface area contributed by atoms with Crippen molar-refractivity contribution in [2.45, 2.75) is 38.3 Å². The maximum Gasteiger partial charge on any atom is 0.243 e. The van der Waals surface area contributed by atoms with Gasteiger partial charge >= 0.3 is 0 Å². The molecule has 1 fully saturated rings. The Hall–Kier alpha value is -1.24. The molecule has 102 valence electrons. The molecule has 0 spiro atoms. The van der Waals surface area contributed by atoms with Gasteiger partial charge in [0.2, 0.25) is 17.7 Å². The minimum atomic E-state index is -0.655. The molecule has 0 radical (unpaired) electrons. The second-order valence-corrected chi connectivity index (χ2v) is 4.68. The van der Waals surface area contributed by atoms with Gasteiger partial charge in [-0.2, -0.15) is 12.6 Å². The summed E-state index contributed by atoms with van der Waals surface area (Å²) in [5.74, 6) is -0.436. The second kappa shape index (κ2) is 7.25. The zero-order valence-electron chi connectivity index (χ0n) is 10.4. The average molecular weight is 273 g/mol. The summed E-state index contributed by atoms with van der Waals surface area (Å²) in [5, 5.41) is 7.91. The SMILES string of the molecule is CC(=O)NC(CS)C(=O)NCCC(=O)NC1CC1. The van der Waals surface area contributed by atoms with Crippen molar-refractivity contribution in [2.24, 2.45) is 0 Å². The zero-order valence-corrected chi connectivity index (χ0v) is 11.3. The number of carbonyl (C=O) groups is 3. The van der Waals surface area contributed by atoms with Gasteiger partial charge < -0.3 is 16.0 Å². The molecule has 0 aromatic heterocycles. The van der Waals surface area contributed by atoms with Crippen LogP contribution in [-0.2, 0) is 14.4 Å². The third-order valence-corrected chi connectivity index (χ3v) is 2.84. The molecular weight excluding hydrogens is 254 g/mol. The lowest BCUT2D eigenvalue weighted by molar-refractivity contribution is -0.127. The van der Waals surface area contributed by atoms with E-state index < -0.39 is 6.04 Å². The fourth-order valence-electron chi connectivity index (χ4n) is 1.39. The molecule has 3 amide bonds. The van der Waals surface area contributed by atoms with Crippen LogP contribution < -0.4 is 16.0 Å². The lowest BCUT2D eigenvalue weighted by Gasteiger charge is -2.15. The van der Waals surface area contributed by atoms with Gasteiger partial charge in [-0.05, 0) is 12.8 Å². The average Bonchev–Trinajstić information content (AvgIpc) is 3.09. The summed E-state index contributed by atoms with van der Waals surface area (Å²) >= 11 is 3.99. The first kappa shape index (κ1) is 14.8. The highest BCUT2D eigenvalue weighted by molar-refractivity contribution is 7.80. The summed E-state index contributed by atoms with van der Waals surface area (Å²) in [6, 6.07) is -0.324. The first-order valence-corrected chi connectivity index (χ1v) is 6.61. The van der Waals surface area contributed by atoms with Crippen LogP contribution in [0.25, 0.3) is 0 Å². The molecule has 1 rings (SSSR count). The monoisotopic (exact) mass is 273 g/mol. The lowest BCUT2D eigenvalue weighted by Crippen LogP contribution is -2.47. The van der Waals surface area contributed by atoms with Gasteiger partial charge in [-0.1, -0.05) is 0 Å². The standard InChI is InChI=1S/C11H19N3O3S/c1-7(15)13-9(6-18)11(17)12-5-4-10(16)14-8-2-3-8/h8-9,18H,2-6H2,1H3,(H,12,17)(H,13,15)(H,14,16). The van der Waals surface area contributed by atoms with Crippen molar-refractivity contribution in [3.63, 3.8) is 0 Å². The molecule has 1 aliphatic carbocycles. The number of hydrogen-bond donors (Lipinski definition) is 4. The van der Waals surface area contributed by atoms with Crippen LogP contribution >= 0.6 is 12.6 Å². The Morgan fingerprint density at radius 2 is 2.00 bits per heavy atom. The topological polar surface area (TPSA) is 87.3 Å². The highest BCUT2D eigenvalue weighted by Gasteiger charge is 2.23. The maximum absolute atomic E-state index is 11.6. The minimum Gasteiger partial charge on any atom is -0.354 e. The summed E-state index contributed by atoms with van der Waals surface area (Å²) in [7, 11) is 0. The highest BCUT2D eigenvalue weighted by Crippen LogP contribution is 2.18. The van der Waals surface area contributed by atoms with E-state index in [2.05, 4.69) is 28.6 Å². The predicted molar refractivity (Wildman–Crippen MR) is 70.2 cm³/mol. The first-order valence-electron chi connectivity index (χ1n) is 5.98. The van der Waals surface area contributed by atoms with Gasteiger partial charge in [0, 0.05) is 31.7 Å². The van der Waals surface area contributed by atoms with Gasteiger partial charge in [0.1, 0.15) is 6.04 Å². The van der Waals surface area contributed by atoms with Crippen LogP contribution in [0.3, 0.4) is 0 Å². The second-order valence-electron chi connectivity index (χ2n) is 4.32. The van der Waals surface area contributed by atoms with Crippen LogP contribution in [0.4, 0.5) is 0 Å². The molecule has 0 heterocycles. The Morgan fingerprint density at radius 3 is 2.50 bits per heavy atom. The van der Waals surface area contributed by atoms with E-state index in [1.165, 1.54) is 6.92 Å². The minimum absolute atomic E-state index is 0.0558. The van der Waals surface area contributed by atoms with Crippen molar-refractivity contribution in [3.05, 3.63) is 0 Å².